The average molecular weight is 348 g/mol. The van der Waals surface area contributed by atoms with E-state index in [0.717, 1.165) is 5.56 Å². The van der Waals surface area contributed by atoms with Gasteiger partial charge in [0.25, 0.3) is 0 Å². The molecule has 2 N–H and O–H groups in total. The molecule has 2 amide bonds. The summed E-state index contributed by atoms with van der Waals surface area (Å²) in [5, 5.41) is 4.88. The Bertz CT molecular complexity index is 601. The summed E-state index contributed by atoms with van der Waals surface area (Å²) >= 11 is 0. The van der Waals surface area contributed by atoms with Crippen molar-refractivity contribution in [3.05, 3.63) is 35.9 Å². The minimum atomic E-state index is -0.905. The van der Waals surface area contributed by atoms with Crippen molar-refractivity contribution < 1.29 is 23.9 Å². The molecule has 0 aliphatic heterocycles. The highest BCUT2D eigenvalue weighted by atomic mass is 16.5. The van der Waals surface area contributed by atoms with E-state index >= 15 is 0 Å². The number of carbonyl (C=O) groups excluding carboxylic acids is 4. The molecular weight excluding hydrogens is 324 g/mol. The number of Topliss-reactive ketones (excluding diaryl/α,β-unsaturated/α-hetero) is 1. The van der Waals surface area contributed by atoms with Crippen LogP contribution in [0.4, 0.5) is 4.79 Å². The van der Waals surface area contributed by atoms with E-state index in [-0.39, 0.29) is 18.8 Å². The van der Waals surface area contributed by atoms with Gasteiger partial charge in [0.1, 0.15) is 12.6 Å². The molecule has 0 aliphatic rings. The number of hydrogen-bond donors (Lipinski definition) is 2. The van der Waals surface area contributed by atoms with Gasteiger partial charge < -0.3 is 15.4 Å². The van der Waals surface area contributed by atoms with Gasteiger partial charge in [-0.2, -0.15) is 0 Å². The van der Waals surface area contributed by atoms with E-state index < -0.39 is 29.9 Å². The van der Waals surface area contributed by atoms with Crippen LogP contribution in [0.5, 0.6) is 0 Å². The van der Waals surface area contributed by atoms with Gasteiger partial charge in [-0.3, -0.25) is 14.4 Å². The number of rotatable bonds is 9. The van der Waals surface area contributed by atoms with Gasteiger partial charge in [0.05, 0.1) is 6.04 Å². The van der Waals surface area contributed by atoms with E-state index in [4.69, 9.17) is 4.74 Å². The Morgan fingerprint density at radius 1 is 1.08 bits per heavy atom. The normalized spacial score (nSPS) is 12.8. The summed E-state index contributed by atoms with van der Waals surface area (Å²) in [6, 6.07) is 7.32. The van der Waals surface area contributed by atoms with Gasteiger partial charge in [0, 0.05) is 0 Å². The number of ether oxygens (including phenoxy) is 1. The highest BCUT2D eigenvalue weighted by Crippen LogP contribution is 2.06. The number of nitrogens with one attached hydrogen (secondary N) is 2. The third kappa shape index (κ3) is 7.60. The molecule has 0 heterocycles. The second-order valence-corrected chi connectivity index (χ2v) is 6.14. The molecule has 0 radical (unpaired) electrons. The predicted molar refractivity (Wildman–Crippen MR) is 91.7 cm³/mol. The molecule has 0 saturated heterocycles. The molecule has 1 aromatic rings. The first-order chi connectivity index (χ1) is 11.8. The van der Waals surface area contributed by atoms with Crippen LogP contribution in [0.2, 0.25) is 0 Å². The summed E-state index contributed by atoms with van der Waals surface area (Å²) in [6.45, 7) is 5.30. The Kier molecular flexibility index (Phi) is 8.32. The fraction of sp³-hybridized carbons (Fsp3) is 0.444. The lowest BCUT2D eigenvalue weighted by atomic mass is 10.0. The van der Waals surface area contributed by atoms with Crippen LogP contribution in [-0.2, 0) is 25.7 Å². The molecule has 1 aromatic carbocycles. The van der Waals surface area contributed by atoms with E-state index in [0.29, 0.717) is 6.42 Å². The molecular formula is C18H24N2O5. The molecule has 1 rings (SSSR count). The van der Waals surface area contributed by atoms with Gasteiger partial charge in [-0.1, -0.05) is 44.2 Å². The number of alkyl carbamates (subject to hydrolysis) is 1. The number of amides is 2. The zero-order chi connectivity index (χ0) is 18.8. The first kappa shape index (κ1) is 20.3. The van der Waals surface area contributed by atoms with Crippen LogP contribution in [0.25, 0.3) is 0 Å². The van der Waals surface area contributed by atoms with E-state index in [1.165, 1.54) is 6.92 Å². The smallest absolute Gasteiger partial charge is 0.408 e. The molecule has 0 fully saturated rings. The summed E-state index contributed by atoms with van der Waals surface area (Å²) in [5.74, 6) is -1.13. The van der Waals surface area contributed by atoms with Crippen LogP contribution in [0.3, 0.4) is 0 Å². The number of benzene rings is 1. The number of aldehydes is 1. The summed E-state index contributed by atoms with van der Waals surface area (Å²) in [6.07, 6.45) is -0.206. The van der Waals surface area contributed by atoms with Gasteiger partial charge in [0.15, 0.2) is 6.29 Å². The summed E-state index contributed by atoms with van der Waals surface area (Å²) in [7, 11) is 0. The third-order valence-electron chi connectivity index (χ3n) is 3.42. The fourth-order valence-electron chi connectivity index (χ4n) is 2.10. The lowest BCUT2D eigenvalue weighted by Gasteiger charge is -2.20. The van der Waals surface area contributed by atoms with Crippen LogP contribution < -0.4 is 10.6 Å². The Hall–Kier alpha value is -2.70. The van der Waals surface area contributed by atoms with E-state index in [1.807, 2.05) is 44.2 Å². The topological polar surface area (TPSA) is 102 Å². The molecule has 0 spiro atoms. The number of hydrogen-bond acceptors (Lipinski definition) is 5. The first-order valence-electron chi connectivity index (χ1n) is 8.10. The second-order valence-electron chi connectivity index (χ2n) is 6.14. The predicted octanol–water partition coefficient (Wildman–Crippen LogP) is 1.60. The standard InChI is InChI=1S/C18H24N2O5/c1-12(2)9-15(16(22)10-21)20-17(23)13(3)19-18(24)25-11-14-7-5-4-6-8-14/h4-8,10,12-13,15H,9,11H2,1-3H3,(H,19,24)(H,20,23)/t13-,15-/m0/s1. The largest absolute Gasteiger partial charge is 0.445 e. The number of ketones is 1. The van der Waals surface area contributed by atoms with E-state index in [1.54, 1.807) is 0 Å². The quantitative estimate of drug-likeness (QED) is 0.521. The molecule has 0 saturated carbocycles. The third-order valence-corrected chi connectivity index (χ3v) is 3.42. The minimum absolute atomic E-state index is 0.0839. The molecule has 7 nitrogen and oxygen atoms in total. The zero-order valence-corrected chi connectivity index (χ0v) is 14.7. The molecule has 136 valence electrons. The Balaban J connectivity index is 2.49. The maximum atomic E-state index is 12.1. The average Bonchev–Trinajstić information content (AvgIpc) is 2.59. The van der Waals surface area contributed by atoms with Crippen molar-refractivity contribution in [2.75, 3.05) is 0 Å². The molecule has 0 aliphatic carbocycles. The zero-order valence-electron chi connectivity index (χ0n) is 14.7. The van der Waals surface area contributed by atoms with Gasteiger partial charge in [-0.25, -0.2) is 4.79 Å². The Morgan fingerprint density at radius 3 is 2.28 bits per heavy atom. The maximum absolute atomic E-state index is 12.1. The van der Waals surface area contributed by atoms with E-state index in [2.05, 4.69) is 10.6 Å². The molecule has 2 atom stereocenters. The van der Waals surface area contributed by atoms with E-state index in [9.17, 15) is 19.2 Å². The van der Waals surface area contributed by atoms with Crippen molar-refractivity contribution in [2.24, 2.45) is 5.92 Å². The van der Waals surface area contributed by atoms with Crippen LogP contribution in [0.1, 0.15) is 32.8 Å². The van der Waals surface area contributed by atoms with Crippen LogP contribution >= 0.6 is 0 Å². The summed E-state index contributed by atoms with van der Waals surface area (Å²) in [4.78, 5) is 46.1. The van der Waals surface area contributed by atoms with Gasteiger partial charge >= 0.3 is 6.09 Å². The first-order valence-corrected chi connectivity index (χ1v) is 8.10. The second kappa shape index (κ2) is 10.2. The van der Waals surface area contributed by atoms with Crippen molar-refractivity contribution in [2.45, 2.75) is 45.9 Å². The molecule has 0 unspecified atom stereocenters. The fourth-order valence-corrected chi connectivity index (χ4v) is 2.10. The Morgan fingerprint density at radius 2 is 1.72 bits per heavy atom. The molecule has 7 heteroatoms. The van der Waals surface area contributed by atoms with Crippen molar-refractivity contribution >= 4 is 24.1 Å². The summed E-state index contributed by atoms with van der Waals surface area (Å²) in [5.41, 5.74) is 0.823. The SMILES string of the molecule is CC(C)C[C@H](NC(=O)[C@H](C)NC(=O)OCc1ccccc1)C(=O)C=O. The molecule has 25 heavy (non-hydrogen) atoms. The highest BCUT2D eigenvalue weighted by Gasteiger charge is 2.24. The molecule has 0 aromatic heterocycles. The van der Waals surface area contributed by atoms with Crippen LogP contribution in [0, 0.1) is 5.92 Å². The van der Waals surface area contributed by atoms with Gasteiger partial charge in [-0.05, 0) is 24.8 Å². The lowest BCUT2D eigenvalue weighted by Crippen LogP contribution is -2.51. The van der Waals surface area contributed by atoms with Gasteiger partial charge in [-0.15, -0.1) is 0 Å². The van der Waals surface area contributed by atoms with Crippen LogP contribution in [0.15, 0.2) is 30.3 Å². The summed E-state index contributed by atoms with van der Waals surface area (Å²) < 4.78 is 5.03. The Labute approximate surface area is 147 Å². The minimum Gasteiger partial charge on any atom is -0.445 e. The van der Waals surface area contributed by atoms with Crippen molar-refractivity contribution in [3.8, 4) is 0 Å². The lowest BCUT2D eigenvalue weighted by molar-refractivity contribution is -0.134. The van der Waals surface area contributed by atoms with Crippen molar-refractivity contribution in [1.29, 1.82) is 0 Å². The monoisotopic (exact) mass is 348 g/mol. The molecule has 0 bridgehead atoms. The number of carbonyl (C=O) groups is 4. The maximum Gasteiger partial charge on any atom is 0.408 e. The highest BCUT2D eigenvalue weighted by molar-refractivity contribution is 6.28. The van der Waals surface area contributed by atoms with Crippen LogP contribution in [-0.4, -0.2) is 36.2 Å². The van der Waals surface area contributed by atoms with Gasteiger partial charge in [0.2, 0.25) is 11.7 Å². The van der Waals surface area contributed by atoms with Crippen molar-refractivity contribution in [1.82, 2.24) is 10.6 Å². The van der Waals surface area contributed by atoms with Crippen molar-refractivity contribution in [3.63, 3.8) is 0 Å².